The lowest BCUT2D eigenvalue weighted by Crippen LogP contribution is -2.40. The van der Waals surface area contributed by atoms with Crippen LogP contribution in [0.15, 0.2) is 29.2 Å². The van der Waals surface area contributed by atoms with Gasteiger partial charge in [-0.25, -0.2) is 12.7 Å². The number of anilines is 1. The first-order valence-electron chi connectivity index (χ1n) is 7.40. The third-order valence-electron chi connectivity index (χ3n) is 3.95. The highest BCUT2D eigenvalue weighted by Crippen LogP contribution is 2.19. The number of nitrogens with one attached hydrogen (secondary N) is 1. The Balaban J connectivity index is 2.12. The Hall–Kier alpha value is -1.44. The van der Waals surface area contributed by atoms with Crippen molar-refractivity contribution in [3.05, 3.63) is 24.3 Å². The highest BCUT2D eigenvalue weighted by Gasteiger charge is 2.24. The Kier molecular flexibility index (Phi) is 5.20. The largest absolute Gasteiger partial charge is 0.325 e. The van der Waals surface area contributed by atoms with E-state index in [4.69, 9.17) is 0 Å². The zero-order valence-electron chi connectivity index (χ0n) is 13.2. The van der Waals surface area contributed by atoms with Gasteiger partial charge in [-0.3, -0.25) is 9.69 Å². The van der Waals surface area contributed by atoms with Crippen LogP contribution in [-0.2, 0) is 14.8 Å². The molecule has 1 fully saturated rings. The van der Waals surface area contributed by atoms with Crippen molar-refractivity contribution < 1.29 is 13.2 Å². The average molecular weight is 325 g/mol. The van der Waals surface area contributed by atoms with Gasteiger partial charge in [-0.2, -0.15) is 0 Å². The molecule has 1 aliphatic heterocycles. The number of nitrogens with zero attached hydrogens (tertiary/aromatic N) is 2. The van der Waals surface area contributed by atoms with Crippen LogP contribution in [0.1, 0.15) is 19.8 Å². The number of amides is 1. The molecule has 2 rings (SSSR count). The van der Waals surface area contributed by atoms with Crippen molar-refractivity contribution in [1.82, 2.24) is 9.21 Å². The Bertz CT molecular complexity index is 637. The van der Waals surface area contributed by atoms with Crippen molar-refractivity contribution in [2.75, 3.05) is 32.5 Å². The summed E-state index contributed by atoms with van der Waals surface area (Å²) in [6.07, 6.45) is 2.24. The minimum atomic E-state index is -3.50. The molecule has 0 bridgehead atoms. The van der Waals surface area contributed by atoms with E-state index in [1.54, 1.807) is 12.1 Å². The Morgan fingerprint density at radius 3 is 2.50 bits per heavy atom. The molecule has 0 spiro atoms. The summed E-state index contributed by atoms with van der Waals surface area (Å²) in [5.41, 5.74) is 0.499. The molecule has 6 nitrogen and oxygen atoms in total. The van der Waals surface area contributed by atoms with Crippen LogP contribution in [0.25, 0.3) is 0 Å². The van der Waals surface area contributed by atoms with Gasteiger partial charge >= 0.3 is 0 Å². The van der Waals surface area contributed by atoms with Crippen LogP contribution in [0.5, 0.6) is 0 Å². The molecular weight excluding hydrogens is 302 g/mol. The summed E-state index contributed by atoms with van der Waals surface area (Å²) in [5, 5.41) is 2.81. The molecular formula is C15H23N3O3S. The number of carbonyl (C=O) groups excluding carboxylic acids is 1. The third kappa shape index (κ3) is 3.66. The van der Waals surface area contributed by atoms with Gasteiger partial charge in [0, 0.05) is 19.8 Å². The molecule has 1 heterocycles. The maximum Gasteiger partial charge on any atom is 0.242 e. The zero-order chi connectivity index (χ0) is 16.3. The van der Waals surface area contributed by atoms with Crippen molar-refractivity contribution in [2.24, 2.45) is 0 Å². The maximum atomic E-state index is 12.3. The van der Waals surface area contributed by atoms with Crippen molar-refractivity contribution in [3.63, 3.8) is 0 Å². The van der Waals surface area contributed by atoms with E-state index in [1.807, 2.05) is 6.92 Å². The fourth-order valence-electron chi connectivity index (χ4n) is 2.49. The smallest absolute Gasteiger partial charge is 0.242 e. The van der Waals surface area contributed by atoms with E-state index in [-0.39, 0.29) is 16.8 Å². The van der Waals surface area contributed by atoms with Gasteiger partial charge in [0.15, 0.2) is 0 Å². The number of benzene rings is 1. The number of rotatable bonds is 5. The molecule has 7 heteroatoms. The second kappa shape index (κ2) is 6.76. The molecule has 0 aliphatic carbocycles. The van der Waals surface area contributed by atoms with E-state index in [1.165, 1.54) is 26.2 Å². The molecule has 1 aromatic carbocycles. The normalized spacial score (nSPS) is 17.6. The molecule has 0 unspecified atom stereocenters. The van der Waals surface area contributed by atoms with Gasteiger partial charge < -0.3 is 5.32 Å². The first kappa shape index (κ1) is 16.9. The van der Waals surface area contributed by atoms with E-state index in [9.17, 15) is 13.2 Å². The molecule has 1 amide bonds. The lowest BCUT2D eigenvalue weighted by molar-refractivity contribution is -0.120. The summed E-state index contributed by atoms with van der Waals surface area (Å²) in [5.74, 6) is -0.110. The molecule has 22 heavy (non-hydrogen) atoms. The Labute approximate surface area is 132 Å². The second-order valence-electron chi connectivity index (χ2n) is 5.72. The zero-order valence-corrected chi connectivity index (χ0v) is 14.1. The third-order valence-corrected chi connectivity index (χ3v) is 5.76. The van der Waals surface area contributed by atoms with Crippen molar-refractivity contribution in [3.8, 4) is 0 Å². The van der Waals surface area contributed by atoms with Gasteiger partial charge in [0.05, 0.1) is 10.9 Å². The highest BCUT2D eigenvalue weighted by atomic mass is 32.2. The standard InChI is InChI=1S/C15H23N3O3S/c1-12(18-9-4-5-10-18)15(19)16-13-7-6-8-14(11-13)22(20,21)17(2)3/h6-8,11-12H,4-5,9-10H2,1-3H3,(H,16,19)/t12-/m1/s1. The van der Waals surface area contributed by atoms with Crippen molar-refractivity contribution in [1.29, 1.82) is 0 Å². The van der Waals surface area contributed by atoms with E-state index >= 15 is 0 Å². The Morgan fingerprint density at radius 2 is 1.91 bits per heavy atom. The van der Waals surface area contributed by atoms with Crippen LogP contribution in [0, 0.1) is 0 Å². The van der Waals surface area contributed by atoms with Crippen molar-refractivity contribution in [2.45, 2.75) is 30.7 Å². The first-order valence-corrected chi connectivity index (χ1v) is 8.84. The van der Waals surface area contributed by atoms with Crippen LogP contribution in [-0.4, -0.2) is 56.8 Å². The second-order valence-corrected chi connectivity index (χ2v) is 7.88. The average Bonchev–Trinajstić information content (AvgIpc) is 3.00. The lowest BCUT2D eigenvalue weighted by atomic mass is 10.2. The molecule has 1 N–H and O–H groups in total. The fraction of sp³-hybridized carbons (Fsp3) is 0.533. The quantitative estimate of drug-likeness (QED) is 0.887. The monoisotopic (exact) mass is 325 g/mol. The van der Waals surface area contributed by atoms with Crippen LogP contribution in [0.3, 0.4) is 0 Å². The summed E-state index contributed by atoms with van der Waals surface area (Å²) in [6.45, 7) is 3.74. The summed E-state index contributed by atoms with van der Waals surface area (Å²) < 4.78 is 25.4. The van der Waals surface area contributed by atoms with Gasteiger partial charge in [-0.1, -0.05) is 6.07 Å². The topological polar surface area (TPSA) is 69.7 Å². The van der Waals surface area contributed by atoms with E-state index in [0.29, 0.717) is 5.69 Å². The molecule has 122 valence electrons. The van der Waals surface area contributed by atoms with Crippen LogP contribution in [0.4, 0.5) is 5.69 Å². The van der Waals surface area contributed by atoms with Crippen LogP contribution < -0.4 is 5.32 Å². The van der Waals surface area contributed by atoms with Crippen molar-refractivity contribution >= 4 is 21.6 Å². The first-order chi connectivity index (χ1) is 10.3. The molecule has 0 saturated carbocycles. The fourth-order valence-corrected chi connectivity index (χ4v) is 3.43. The van der Waals surface area contributed by atoms with Crippen LogP contribution in [0.2, 0.25) is 0 Å². The minimum Gasteiger partial charge on any atom is -0.325 e. The van der Waals surface area contributed by atoms with E-state index < -0.39 is 10.0 Å². The highest BCUT2D eigenvalue weighted by molar-refractivity contribution is 7.89. The number of likely N-dealkylation sites (tertiary alicyclic amines) is 1. The van der Waals surface area contributed by atoms with Gasteiger partial charge in [0.25, 0.3) is 0 Å². The number of hydrogen-bond acceptors (Lipinski definition) is 4. The number of carbonyl (C=O) groups is 1. The maximum absolute atomic E-state index is 12.3. The predicted octanol–water partition coefficient (Wildman–Crippen LogP) is 1.36. The van der Waals surface area contributed by atoms with Crippen LogP contribution >= 0.6 is 0 Å². The van der Waals surface area contributed by atoms with Gasteiger partial charge in [0.2, 0.25) is 15.9 Å². The summed E-state index contributed by atoms with van der Waals surface area (Å²) in [7, 11) is -0.535. The number of sulfonamides is 1. The summed E-state index contributed by atoms with van der Waals surface area (Å²) >= 11 is 0. The van der Waals surface area contributed by atoms with E-state index in [2.05, 4.69) is 10.2 Å². The van der Waals surface area contributed by atoms with Gasteiger partial charge in [0.1, 0.15) is 0 Å². The molecule has 1 aliphatic rings. The minimum absolute atomic E-state index is 0.110. The summed E-state index contributed by atoms with van der Waals surface area (Å²) in [6, 6.07) is 6.13. The predicted molar refractivity (Wildman–Crippen MR) is 86.2 cm³/mol. The van der Waals surface area contributed by atoms with Gasteiger partial charge in [-0.05, 0) is 51.1 Å². The molecule has 0 radical (unpaired) electrons. The van der Waals surface area contributed by atoms with E-state index in [0.717, 1.165) is 30.2 Å². The Morgan fingerprint density at radius 1 is 1.27 bits per heavy atom. The SMILES string of the molecule is C[C@H](C(=O)Nc1cccc(S(=O)(=O)N(C)C)c1)N1CCCC1. The molecule has 1 atom stereocenters. The molecule has 1 saturated heterocycles. The molecule has 1 aromatic rings. The number of hydrogen-bond donors (Lipinski definition) is 1. The summed E-state index contributed by atoms with van der Waals surface area (Å²) in [4.78, 5) is 14.6. The van der Waals surface area contributed by atoms with Gasteiger partial charge in [-0.15, -0.1) is 0 Å². The molecule has 0 aromatic heterocycles. The lowest BCUT2D eigenvalue weighted by Gasteiger charge is -2.22.